The Morgan fingerprint density at radius 1 is 1.56 bits per heavy atom. The van der Waals surface area contributed by atoms with Crippen molar-refractivity contribution in [1.82, 2.24) is 0 Å². The van der Waals surface area contributed by atoms with Crippen molar-refractivity contribution in [3.8, 4) is 6.07 Å². The van der Waals surface area contributed by atoms with Crippen molar-refractivity contribution in [3.63, 3.8) is 0 Å². The molecular weight excluding hydrogens is 293 g/mol. The highest BCUT2D eigenvalue weighted by Gasteiger charge is 2.42. The number of amides is 1. The highest BCUT2D eigenvalue weighted by molar-refractivity contribution is 8.01. The molecule has 0 radical (unpaired) electrons. The lowest BCUT2D eigenvalue weighted by atomic mass is 10.1. The van der Waals surface area contributed by atoms with Gasteiger partial charge in [0.2, 0.25) is 0 Å². The fraction of sp³-hybridized carbons (Fsp3) is 0.778. The molecule has 1 N–H and O–H groups in total. The predicted molar refractivity (Wildman–Crippen MR) is 64.8 cm³/mol. The number of nitrogens with zero attached hydrogens (tertiary/aromatic N) is 2. The maximum Gasteiger partial charge on any atom is 0.474 e. The van der Waals surface area contributed by atoms with Crippen molar-refractivity contribution in [2.75, 3.05) is 12.1 Å². The smallest absolute Gasteiger partial charge is 0.343 e. The number of hydrogen-bond acceptors (Lipinski definition) is 2. The highest BCUT2D eigenvalue weighted by atomic mass is 35.5. The molecule has 0 rings (SSSR count). The number of hydrogen-bond donors (Lipinski definition) is 2. The third kappa shape index (κ3) is 4.23. The molecule has 0 saturated heterocycles. The van der Waals surface area contributed by atoms with Crippen LogP contribution in [0, 0.1) is 11.3 Å². The van der Waals surface area contributed by atoms with Crippen molar-refractivity contribution < 1.29 is 22.5 Å². The summed E-state index contributed by atoms with van der Waals surface area (Å²) in [5, 5.41) is 8.99. The Kier molecular flexibility index (Phi) is 5.78. The molecule has 0 fully saturated rings. The summed E-state index contributed by atoms with van der Waals surface area (Å²) in [4.78, 5) is 10.8. The van der Waals surface area contributed by atoms with Crippen LogP contribution in [0.25, 0.3) is 0 Å². The van der Waals surface area contributed by atoms with Gasteiger partial charge in [-0.05, 0) is 26.0 Å². The van der Waals surface area contributed by atoms with E-state index in [1.165, 1.54) is 6.92 Å². The maximum atomic E-state index is 12.1. The van der Waals surface area contributed by atoms with E-state index < -0.39 is 26.9 Å². The van der Waals surface area contributed by atoms with Crippen LogP contribution in [0.4, 0.5) is 13.2 Å². The van der Waals surface area contributed by atoms with Gasteiger partial charge >= 0.3 is 12.1 Å². The quantitative estimate of drug-likeness (QED) is 0.619. The first-order valence-corrected chi connectivity index (χ1v) is 7.59. The van der Waals surface area contributed by atoms with Crippen LogP contribution in [0.2, 0.25) is 0 Å². The van der Waals surface area contributed by atoms with Crippen LogP contribution >= 0.6 is 11.6 Å². The Bertz CT molecular complexity index is 413. The molecule has 0 heterocycles. The normalized spacial score (nSPS) is 16.6. The minimum Gasteiger partial charge on any atom is -0.343 e. The largest absolute Gasteiger partial charge is 0.474 e. The van der Waals surface area contributed by atoms with Gasteiger partial charge < -0.3 is 4.55 Å². The summed E-state index contributed by atoms with van der Waals surface area (Å²) in [5.74, 6) is -2.17. The van der Waals surface area contributed by atoms with Gasteiger partial charge in [-0.15, -0.1) is 11.6 Å². The molecule has 0 aromatic rings. The standard InChI is InChI=1S/C9H14ClF3N2O2S/c1-8(6-14,4-3-5-10)18(2,17)15-7(16)9(11,12)13/h18H,3-5H2,1-2H3,(H,15,16,17). The van der Waals surface area contributed by atoms with Crippen LogP contribution in [0.5, 0.6) is 0 Å². The average Bonchev–Trinajstić information content (AvgIpc) is 2.23. The number of rotatable bonds is 4. The Hall–Kier alpha value is -0.650. The molecule has 0 aliphatic heterocycles. The van der Waals surface area contributed by atoms with Gasteiger partial charge in [0.15, 0.2) is 0 Å². The van der Waals surface area contributed by atoms with Crippen LogP contribution in [0.3, 0.4) is 0 Å². The van der Waals surface area contributed by atoms with E-state index in [2.05, 4.69) is 4.36 Å². The summed E-state index contributed by atoms with van der Waals surface area (Å²) in [6.45, 7) is 1.28. The van der Waals surface area contributed by atoms with Crippen LogP contribution in [0.15, 0.2) is 4.36 Å². The van der Waals surface area contributed by atoms with Crippen molar-refractivity contribution >= 4 is 27.6 Å². The van der Waals surface area contributed by atoms with E-state index in [1.54, 1.807) is 6.07 Å². The Morgan fingerprint density at radius 2 is 2.06 bits per heavy atom. The first-order valence-electron chi connectivity index (χ1n) is 4.91. The zero-order valence-electron chi connectivity index (χ0n) is 9.83. The van der Waals surface area contributed by atoms with Crippen molar-refractivity contribution in [1.29, 1.82) is 5.26 Å². The van der Waals surface area contributed by atoms with E-state index in [0.29, 0.717) is 6.42 Å². The zero-order chi connectivity index (χ0) is 14.6. The van der Waals surface area contributed by atoms with Crippen molar-refractivity contribution in [2.45, 2.75) is 30.7 Å². The van der Waals surface area contributed by atoms with E-state index in [0.717, 1.165) is 6.26 Å². The summed E-state index contributed by atoms with van der Waals surface area (Å²) in [5.41, 5.74) is 0. The van der Waals surface area contributed by atoms with Crippen molar-refractivity contribution in [2.24, 2.45) is 4.36 Å². The molecule has 18 heavy (non-hydrogen) atoms. The van der Waals surface area contributed by atoms with Gasteiger partial charge in [0.05, 0.1) is 6.07 Å². The fourth-order valence-electron chi connectivity index (χ4n) is 1.12. The van der Waals surface area contributed by atoms with E-state index in [4.69, 9.17) is 16.9 Å². The molecule has 1 unspecified atom stereocenters. The van der Waals surface area contributed by atoms with Crippen molar-refractivity contribution in [3.05, 3.63) is 0 Å². The molecule has 0 bridgehead atoms. The molecule has 0 spiro atoms. The minimum atomic E-state index is -5.15. The van der Waals surface area contributed by atoms with Gasteiger partial charge in [0, 0.05) is 5.88 Å². The first kappa shape index (κ1) is 17.4. The van der Waals surface area contributed by atoms with Crippen LogP contribution in [-0.2, 0) is 14.9 Å². The molecule has 0 aliphatic rings. The third-order valence-electron chi connectivity index (χ3n) is 2.50. The predicted octanol–water partition coefficient (Wildman–Crippen LogP) is 2.55. The fourth-order valence-corrected chi connectivity index (χ4v) is 2.71. The van der Waals surface area contributed by atoms with Gasteiger partial charge in [0.1, 0.15) is 4.75 Å². The van der Waals surface area contributed by atoms with Crippen LogP contribution in [0.1, 0.15) is 19.8 Å². The summed E-state index contributed by atoms with van der Waals surface area (Å²) in [7, 11) is -3.71. The lowest BCUT2D eigenvalue weighted by molar-refractivity contribution is -0.169. The first-order chi connectivity index (χ1) is 8.00. The summed E-state index contributed by atoms with van der Waals surface area (Å²) < 4.78 is 47.5. The molecule has 0 aromatic carbocycles. The third-order valence-corrected chi connectivity index (χ3v) is 5.53. The number of nitriles is 1. The molecule has 0 aliphatic carbocycles. The Labute approximate surface area is 109 Å². The second kappa shape index (κ2) is 5.99. The number of alkyl halides is 4. The molecule has 106 valence electrons. The van der Waals surface area contributed by atoms with Gasteiger partial charge in [-0.3, -0.25) is 4.79 Å². The molecule has 0 aromatic heterocycles. The number of thiol groups is 1. The molecule has 9 heteroatoms. The van der Waals surface area contributed by atoms with Gasteiger partial charge in [-0.25, -0.2) is 0 Å². The maximum absolute atomic E-state index is 12.1. The topological polar surface area (TPSA) is 73.4 Å². The lowest BCUT2D eigenvalue weighted by Gasteiger charge is -2.33. The molecule has 1 atom stereocenters. The van der Waals surface area contributed by atoms with E-state index in [1.807, 2.05) is 0 Å². The van der Waals surface area contributed by atoms with Crippen LogP contribution < -0.4 is 0 Å². The molecular formula is C9H14ClF3N2O2S. The van der Waals surface area contributed by atoms with Gasteiger partial charge in [0.25, 0.3) is 0 Å². The highest BCUT2D eigenvalue weighted by Crippen LogP contribution is 2.30. The van der Waals surface area contributed by atoms with E-state index in [9.17, 15) is 22.5 Å². The average molecular weight is 307 g/mol. The second-order valence-electron chi connectivity index (χ2n) is 3.99. The SMILES string of the molecule is CC(C#N)(CCCCl)[SH](C)(O)=NC(=O)C(F)(F)F. The lowest BCUT2D eigenvalue weighted by Crippen LogP contribution is -2.40. The monoisotopic (exact) mass is 306 g/mol. The summed E-state index contributed by atoms with van der Waals surface area (Å²) in [6.07, 6.45) is -3.74. The van der Waals surface area contributed by atoms with Gasteiger partial charge in [-0.2, -0.15) is 22.8 Å². The molecule has 0 saturated carbocycles. The Balaban J connectivity index is 5.40. The molecule has 1 amide bonds. The van der Waals surface area contributed by atoms with Crippen LogP contribution in [-0.4, -0.2) is 33.5 Å². The second-order valence-corrected chi connectivity index (χ2v) is 7.39. The Morgan fingerprint density at radius 3 is 2.39 bits per heavy atom. The number of halogens is 4. The van der Waals surface area contributed by atoms with E-state index >= 15 is 0 Å². The number of carbonyl (C=O) groups is 1. The zero-order valence-corrected chi connectivity index (χ0v) is 11.5. The summed E-state index contributed by atoms with van der Waals surface area (Å²) in [6, 6.07) is 1.74. The molecule has 4 nitrogen and oxygen atoms in total. The number of carbonyl (C=O) groups excluding carboxylic acids is 1. The van der Waals surface area contributed by atoms with E-state index in [-0.39, 0.29) is 12.3 Å². The van der Waals surface area contributed by atoms with Gasteiger partial charge in [-0.1, -0.05) is 10.1 Å². The minimum absolute atomic E-state index is 0.0718. The summed E-state index contributed by atoms with van der Waals surface area (Å²) >= 11 is 5.44.